The number of thioether (sulfide) groups is 1. The van der Waals surface area contributed by atoms with E-state index < -0.39 is 10.0 Å². The van der Waals surface area contributed by atoms with Crippen LogP contribution in [0.5, 0.6) is 5.75 Å². The summed E-state index contributed by atoms with van der Waals surface area (Å²) >= 11 is 1.41. The number of amides is 1. The summed E-state index contributed by atoms with van der Waals surface area (Å²) in [6, 6.07) is 14.1. The molecule has 0 atom stereocenters. The first-order valence-electron chi connectivity index (χ1n) is 10.5. The maximum Gasteiger partial charge on any atom is 0.251 e. The predicted octanol–water partition coefficient (Wildman–Crippen LogP) is 3.03. The Morgan fingerprint density at radius 1 is 1.15 bits per heavy atom. The lowest BCUT2D eigenvalue weighted by atomic mass is 10.2. The molecule has 0 aliphatic rings. The number of carbonyl (C=O) groups excluding carboxylic acids is 1. The Hall–Kier alpha value is -2.89. The van der Waals surface area contributed by atoms with Crippen LogP contribution in [0.15, 0.2) is 58.6 Å². The van der Waals surface area contributed by atoms with Crippen molar-refractivity contribution < 1.29 is 17.9 Å². The third-order valence-electron chi connectivity index (χ3n) is 4.88. The second-order valence-electron chi connectivity index (χ2n) is 6.89. The summed E-state index contributed by atoms with van der Waals surface area (Å²) in [6.07, 6.45) is 0. The smallest absolute Gasteiger partial charge is 0.251 e. The molecule has 0 bridgehead atoms. The molecule has 1 heterocycles. The average Bonchev–Trinajstić information content (AvgIpc) is 3.31. The highest BCUT2D eigenvalue weighted by Crippen LogP contribution is 2.28. The Kier molecular flexibility index (Phi) is 8.48. The van der Waals surface area contributed by atoms with Gasteiger partial charge in [-0.05, 0) is 18.2 Å². The number of aromatic nitrogens is 3. The molecular formula is C22H27N5O4S2. The van der Waals surface area contributed by atoms with Gasteiger partial charge in [-0.1, -0.05) is 55.9 Å². The van der Waals surface area contributed by atoms with Crippen LogP contribution < -0.4 is 10.1 Å². The van der Waals surface area contributed by atoms with E-state index in [0.29, 0.717) is 36.4 Å². The summed E-state index contributed by atoms with van der Waals surface area (Å²) in [5.74, 6) is 1.07. The van der Waals surface area contributed by atoms with Crippen molar-refractivity contribution in [3.63, 3.8) is 0 Å². The first-order valence-corrected chi connectivity index (χ1v) is 12.9. The van der Waals surface area contributed by atoms with Gasteiger partial charge in [0, 0.05) is 36.5 Å². The minimum Gasteiger partial charge on any atom is -0.495 e. The van der Waals surface area contributed by atoms with Crippen molar-refractivity contribution in [2.75, 3.05) is 32.5 Å². The molecule has 0 saturated heterocycles. The van der Waals surface area contributed by atoms with Crippen LogP contribution in [0.4, 0.5) is 0 Å². The first-order chi connectivity index (χ1) is 15.9. The van der Waals surface area contributed by atoms with Gasteiger partial charge in [0.25, 0.3) is 5.91 Å². The number of sulfonamides is 1. The van der Waals surface area contributed by atoms with E-state index in [4.69, 9.17) is 4.74 Å². The summed E-state index contributed by atoms with van der Waals surface area (Å²) in [6.45, 7) is 4.53. The van der Waals surface area contributed by atoms with Crippen molar-refractivity contribution in [1.82, 2.24) is 24.8 Å². The van der Waals surface area contributed by atoms with E-state index in [9.17, 15) is 13.2 Å². The third kappa shape index (κ3) is 5.92. The molecule has 0 fully saturated rings. The summed E-state index contributed by atoms with van der Waals surface area (Å²) < 4.78 is 32.5. The van der Waals surface area contributed by atoms with Crippen LogP contribution in [0, 0.1) is 0 Å². The molecule has 1 aromatic heterocycles. The van der Waals surface area contributed by atoms with Gasteiger partial charge in [-0.25, -0.2) is 13.4 Å². The fourth-order valence-corrected chi connectivity index (χ4v) is 5.46. The highest BCUT2D eigenvalue weighted by molar-refractivity contribution is 7.99. The molecule has 0 unspecified atom stereocenters. The quantitative estimate of drug-likeness (QED) is 0.314. The highest BCUT2D eigenvalue weighted by Gasteiger charge is 2.26. The van der Waals surface area contributed by atoms with Gasteiger partial charge in [0.05, 0.1) is 7.11 Å². The maximum absolute atomic E-state index is 13.0. The highest BCUT2D eigenvalue weighted by atomic mass is 32.2. The van der Waals surface area contributed by atoms with Gasteiger partial charge in [0.1, 0.15) is 10.6 Å². The number of hydrogen-bond donors (Lipinski definition) is 2. The minimum atomic E-state index is -3.78. The number of nitrogens with zero attached hydrogens (tertiary/aromatic N) is 3. The van der Waals surface area contributed by atoms with Crippen molar-refractivity contribution in [1.29, 1.82) is 0 Å². The zero-order valence-corrected chi connectivity index (χ0v) is 20.4. The van der Waals surface area contributed by atoms with Crippen LogP contribution >= 0.6 is 11.8 Å². The molecule has 176 valence electrons. The second-order valence-corrected chi connectivity index (χ2v) is 9.86. The van der Waals surface area contributed by atoms with Gasteiger partial charge in [0.2, 0.25) is 15.2 Å². The number of hydrogen-bond acceptors (Lipinski definition) is 7. The second kappa shape index (κ2) is 11.3. The maximum atomic E-state index is 13.0. The molecule has 0 spiro atoms. The number of carbonyl (C=O) groups is 1. The Balaban J connectivity index is 1.61. The molecule has 0 aliphatic heterocycles. The molecule has 9 nitrogen and oxygen atoms in total. The van der Waals surface area contributed by atoms with E-state index >= 15 is 0 Å². The zero-order chi connectivity index (χ0) is 23.8. The van der Waals surface area contributed by atoms with Crippen molar-refractivity contribution in [2.24, 2.45) is 0 Å². The fourth-order valence-electron chi connectivity index (χ4n) is 3.17. The number of benzene rings is 2. The Morgan fingerprint density at radius 2 is 1.88 bits per heavy atom. The van der Waals surface area contributed by atoms with Crippen LogP contribution in [0.2, 0.25) is 0 Å². The molecule has 0 aliphatic carbocycles. The summed E-state index contributed by atoms with van der Waals surface area (Å²) in [5, 5.41) is 10.5. The van der Waals surface area contributed by atoms with Crippen LogP contribution in [-0.2, 0) is 10.0 Å². The van der Waals surface area contributed by atoms with E-state index in [1.54, 1.807) is 19.9 Å². The number of rotatable bonds is 11. The molecule has 33 heavy (non-hydrogen) atoms. The number of nitrogens with one attached hydrogen (secondary N) is 2. The SMILES string of the molecule is CCN(CC)S(=O)(=O)c1cc(C(=O)NCCSc2n[nH]c(-c3ccccc3)n2)ccc1OC. The normalized spacial score (nSPS) is 11.5. The lowest BCUT2D eigenvalue weighted by Crippen LogP contribution is -2.31. The fraction of sp³-hybridized carbons (Fsp3) is 0.318. The zero-order valence-electron chi connectivity index (χ0n) is 18.7. The minimum absolute atomic E-state index is 0.0233. The molecule has 1 amide bonds. The summed E-state index contributed by atoms with van der Waals surface area (Å²) in [4.78, 5) is 17.0. The van der Waals surface area contributed by atoms with Crippen LogP contribution in [-0.4, -0.2) is 66.3 Å². The van der Waals surface area contributed by atoms with Gasteiger partial charge in [-0.3, -0.25) is 9.89 Å². The van der Waals surface area contributed by atoms with E-state index in [1.165, 1.54) is 35.3 Å². The van der Waals surface area contributed by atoms with Gasteiger partial charge in [-0.2, -0.15) is 4.31 Å². The monoisotopic (exact) mass is 489 g/mol. The van der Waals surface area contributed by atoms with E-state index in [-0.39, 0.29) is 22.1 Å². The topological polar surface area (TPSA) is 117 Å². The Bertz CT molecular complexity index is 1180. The number of H-pyrrole nitrogens is 1. The van der Waals surface area contributed by atoms with E-state index in [2.05, 4.69) is 20.5 Å². The van der Waals surface area contributed by atoms with E-state index in [0.717, 1.165) is 5.56 Å². The Labute approximate surface area is 198 Å². The molecule has 0 saturated carbocycles. The largest absolute Gasteiger partial charge is 0.495 e. The van der Waals surface area contributed by atoms with Gasteiger partial charge in [0.15, 0.2) is 5.82 Å². The lowest BCUT2D eigenvalue weighted by molar-refractivity contribution is 0.0956. The number of aromatic amines is 1. The first kappa shape index (κ1) is 24.7. The van der Waals surface area contributed by atoms with Gasteiger partial charge < -0.3 is 10.1 Å². The summed E-state index contributed by atoms with van der Waals surface area (Å²) in [5.41, 5.74) is 1.19. The van der Waals surface area contributed by atoms with Crippen molar-refractivity contribution in [2.45, 2.75) is 23.9 Å². The average molecular weight is 490 g/mol. The van der Waals surface area contributed by atoms with Crippen molar-refractivity contribution in [3.8, 4) is 17.1 Å². The molecule has 2 N–H and O–H groups in total. The summed E-state index contributed by atoms with van der Waals surface area (Å²) in [7, 11) is -2.37. The predicted molar refractivity (Wildman–Crippen MR) is 128 cm³/mol. The molecule has 3 rings (SSSR count). The van der Waals surface area contributed by atoms with Gasteiger partial charge >= 0.3 is 0 Å². The lowest BCUT2D eigenvalue weighted by Gasteiger charge is -2.20. The number of ether oxygens (including phenoxy) is 1. The van der Waals surface area contributed by atoms with E-state index in [1.807, 2.05) is 30.3 Å². The molecule has 2 aromatic carbocycles. The molecule has 3 aromatic rings. The van der Waals surface area contributed by atoms with Crippen LogP contribution in [0.3, 0.4) is 0 Å². The van der Waals surface area contributed by atoms with Crippen LogP contribution in [0.1, 0.15) is 24.2 Å². The molecule has 11 heteroatoms. The van der Waals surface area contributed by atoms with Crippen molar-refractivity contribution in [3.05, 3.63) is 54.1 Å². The molecule has 0 radical (unpaired) electrons. The standard InChI is InChI=1S/C22H27N5O4S2/c1-4-27(5-2)33(29,30)19-15-17(11-12-18(19)31-3)21(28)23-13-14-32-22-24-20(25-26-22)16-9-7-6-8-10-16/h6-12,15H,4-5,13-14H2,1-3H3,(H,23,28)(H,24,25,26). The number of methoxy groups -OCH3 is 1. The van der Waals surface area contributed by atoms with Crippen LogP contribution in [0.25, 0.3) is 11.4 Å². The third-order valence-corrected chi connectivity index (χ3v) is 7.80. The van der Waals surface area contributed by atoms with Gasteiger partial charge in [-0.15, -0.1) is 5.10 Å². The Morgan fingerprint density at radius 3 is 2.55 bits per heavy atom. The van der Waals surface area contributed by atoms with Crippen molar-refractivity contribution >= 4 is 27.7 Å². The molecular weight excluding hydrogens is 462 g/mol.